The Morgan fingerprint density at radius 3 is 2.37 bits per heavy atom. The van der Waals surface area contributed by atoms with Crippen molar-refractivity contribution in [3.8, 4) is 16.9 Å². The van der Waals surface area contributed by atoms with Crippen molar-refractivity contribution in [3.63, 3.8) is 0 Å². The van der Waals surface area contributed by atoms with Crippen molar-refractivity contribution < 1.29 is 9.53 Å². The third kappa shape index (κ3) is 5.55. The lowest BCUT2D eigenvalue weighted by Crippen LogP contribution is -2.55. The van der Waals surface area contributed by atoms with Crippen LogP contribution in [0.3, 0.4) is 0 Å². The van der Waals surface area contributed by atoms with Crippen molar-refractivity contribution in [2.75, 3.05) is 51.3 Å². The van der Waals surface area contributed by atoms with Crippen LogP contribution in [0.15, 0.2) is 65.6 Å². The topological polar surface area (TPSA) is 58.0 Å². The minimum absolute atomic E-state index is 0.0815. The number of carbonyl (C=O) groups is 1. The lowest BCUT2D eigenvalue weighted by Gasteiger charge is -2.37. The Labute approximate surface area is 242 Å². The van der Waals surface area contributed by atoms with E-state index in [2.05, 4.69) is 70.5 Å². The fourth-order valence-corrected chi connectivity index (χ4v) is 6.53. The van der Waals surface area contributed by atoms with Gasteiger partial charge < -0.3 is 19.1 Å². The number of benzene rings is 2. The zero-order valence-corrected chi connectivity index (χ0v) is 24.4. The third-order valence-corrected chi connectivity index (χ3v) is 9.16. The van der Waals surface area contributed by atoms with Gasteiger partial charge in [0, 0.05) is 69.8 Å². The zero-order valence-electron chi connectivity index (χ0n) is 24.4. The van der Waals surface area contributed by atoms with Crippen LogP contribution in [0.4, 0.5) is 5.69 Å². The predicted molar refractivity (Wildman–Crippen MR) is 165 cm³/mol. The molecule has 7 heteroatoms. The van der Waals surface area contributed by atoms with Crippen molar-refractivity contribution in [1.29, 1.82) is 0 Å². The second-order valence-electron chi connectivity index (χ2n) is 11.7. The SMILES string of the molecule is C[C@@H]1C(=O)N(C)CCN1CCOc1ccc(C2CCN(c3ccc(-c4cn(C)c(=O)c5c4C=CC5)cc3)CC2)cc1. The van der Waals surface area contributed by atoms with Gasteiger partial charge in [0.05, 0.1) is 6.04 Å². The second-order valence-corrected chi connectivity index (χ2v) is 11.7. The Bertz CT molecular complexity index is 1480. The van der Waals surface area contributed by atoms with E-state index in [0.717, 1.165) is 80.0 Å². The first kappa shape index (κ1) is 27.3. The van der Waals surface area contributed by atoms with Gasteiger partial charge in [0.15, 0.2) is 0 Å². The molecule has 1 amide bonds. The van der Waals surface area contributed by atoms with E-state index in [-0.39, 0.29) is 17.5 Å². The number of allylic oxidation sites excluding steroid dienone is 1. The van der Waals surface area contributed by atoms with Gasteiger partial charge in [-0.25, -0.2) is 0 Å². The minimum atomic E-state index is -0.0815. The van der Waals surface area contributed by atoms with Crippen LogP contribution in [-0.2, 0) is 18.3 Å². The molecule has 0 spiro atoms. The number of piperazine rings is 1. The normalized spacial score (nSPS) is 19.6. The van der Waals surface area contributed by atoms with E-state index in [0.29, 0.717) is 12.5 Å². The number of amides is 1. The van der Waals surface area contributed by atoms with Crippen LogP contribution >= 0.6 is 0 Å². The quantitative estimate of drug-likeness (QED) is 0.431. The van der Waals surface area contributed by atoms with Gasteiger partial charge in [-0.1, -0.05) is 36.4 Å². The summed E-state index contributed by atoms with van der Waals surface area (Å²) in [4.78, 5) is 31.2. The number of anilines is 1. The molecule has 0 N–H and O–H groups in total. The smallest absolute Gasteiger partial charge is 0.254 e. The first-order chi connectivity index (χ1) is 19.9. The Kier molecular flexibility index (Phi) is 7.71. The minimum Gasteiger partial charge on any atom is -0.492 e. The molecule has 2 fully saturated rings. The number of piperidine rings is 1. The molecule has 2 saturated heterocycles. The summed E-state index contributed by atoms with van der Waals surface area (Å²) in [7, 11) is 3.71. The largest absolute Gasteiger partial charge is 0.492 e. The Morgan fingerprint density at radius 1 is 0.902 bits per heavy atom. The van der Waals surface area contributed by atoms with Crippen LogP contribution in [0, 0.1) is 0 Å². The van der Waals surface area contributed by atoms with Gasteiger partial charge in [0.1, 0.15) is 12.4 Å². The molecule has 0 bridgehead atoms. The monoisotopic (exact) mass is 552 g/mol. The number of hydrogen-bond acceptors (Lipinski definition) is 5. The number of aryl methyl sites for hydroxylation is 1. The molecule has 214 valence electrons. The van der Waals surface area contributed by atoms with Crippen LogP contribution in [0.2, 0.25) is 0 Å². The molecule has 3 aliphatic rings. The lowest BCUT2D eigenvalue weighted by molar-refractivity contribution is -0.139. The van der Waals surface area contributed by atoms with Crippen molar-refractivity contribution in [2.45, 2.75) is 38.1 Å². The highest BCUT2D eigenvalue weighted by atomic mass is 16.5. The third-order valence-electron chi connectivity index (χ3n) is 9.16. The van der Waals surface area contributed by atoms with Gasteiger partial charge in [0.25, 0.3) is 5.56 Å². The number of pyridine rings is 1. The average molecular weight is 553 g/mol. The van der Waals surface area contributed by atoms with E-state index in [1.807, 2.05) is 27.2 Å². The summed E-state index contributed by atoms with van der Waals surface area (Å²) in [5, 5.41) is 0. The molecule has 1 aromatic heterocycles. The maximum absolute atomic E-state index is 12.5. The number of nitrogens with zero attached hydrogens (tertiary/aromatic N) is 4. The van der Waals surface area contributed by atoms with Crippen molar-refractivity contribution in [1.82, 2.24) is 14.4 Å². The van der Waals surface area contributed by atoms with Crippen LogP contribution < -0.4 is 15.2 Å². The Balaban J connectivity index is 1.01. The summed E-state index contributed by atoms with van der Waals surface area (Å²) in [6, 6.07) is 17.3. The standard InChI is InChI=1S/C34H40N4O3/c1-24-33(39)35(2)19-20-37(24)21-22-41-29-13-9-25(10-14-29)26-15-17-38(18-16-26)28-11-7-27(8-12-28)32-23-36(3)34(40)31-6-4-5-30(31)32/h4-5,7-14,23-24,26H,6,15-22H2,1-3H3/t24-/m1/s1. The number of aromatic nitrogens is 1. The van der Waals surface area contributed by atoms with Crippen molar-refractivity contribution >= 4 is 17.7 Å². The zero-order chi connectivity index (χ0) is 28.5. The number of rotatable bonds is 7. The lowest BCUT2D eigenvalue weighted by atomic mass is 9.89. The van der Waals surface area contributed by atoms with Crippen LogP contribution in [0.5, 0.6) is 5.75 Å². The van der Waals surface area contributed by atoms with Crippen LogP contribution in [0.25, 0.3) is 17.2 Å². The van der Waals surface area contributed by atoms with Crippen molar-refractivity contribution in [2.24, 2.45) is 7.05 Å². The highest BCUT2D eigenvalue weighted by Gasteiger charge is 2.29. The number of hydrogen-bond donors (Lipinski definition) is 0. The van der Waals surface area contributed by atoms with Gasteiger partial charge in [-0.3, -0.25) is 14.5 Å². The maximum Gasteiger partial charge on any atom is 0.254 e. The number of fused-ring (bicyclic) bond motifs is 1. The Hall–Kier alpha value is -3.84. The van der Waals surface area contributed by atoms with Gasteiger partial charge in [-0.2, -0.15) is 0 Å². The molecule has 7 nitrogen and oxygen atoms in total. The fourth-order valence-electron chi connectivity index (χ4n) is 6.53. The molecule has 2 aromatic carbocycles. The second kappa shape index (κ2) is 11.6. The number of likely N-dealkylation sites (N-methyl/N-ethyl adjacent to an activating group) is 1. The number of carbonyl (C=O) groups excluding carboxylic acids is 1. The summed E-state index contributed by atoms with van der Waals surface area (Å²) in [5.41, 5.74) is 6.97. The van der Waals surface area contributed by atoms with E-state index in [1.54, 1.807) is 9.47 Å². The van der Waals surface area contributed by atoms with Gasteiger partial charge >= 0.3 is 0 Å². The first-order valence-electron chi connectivity index (χ1n) is 14.9. The molecule has 2 aliphatic heterocycles. The average Bonchev–Trinajstić information content (AvgIpc) is 3.50. The van der Waals surface area contributed by atoms with Crippen molar-refractivity contribution in [3.05, 3.63) is 87.8 Å². The molecule has 1 aliphatic carbocycles. The summed E-state index contributed by atoms with van der Waals surface area (Å²) in [6.45, 7) is 7.04. The molecule has 3 aromatic rings. The summed E-state index contributed by atoms with van der Waals surface area (Å²) in [6.07, 6.45) is 9.09. The van der Waals surface area contributed by atoms with Crippen LogP contribution in [0.1, 0.15) is 42.4 Å². The van der Waals surface area contributed by atoms with Gasteiger partial charge in [-0.15, -0.1) is 0 Å². The molecule has 1 atom stereocenters. The summed E-state index contributed by atoms with van der Waals surface area (Å²) >= 11 is 0. The molecular weight excluding hydrogens is 512 g/mol. The molecule has 0 unspecified atom stereocenters. The van der Waals surface area contributed by atoms with E-state index < -0.39 is 0 Å². The Morgan fingerprint density at radius 2 is 1.63 bits per heavy atom. The highest BCUT2D eigenvalue weighted by molar-refractivity contribution is 5.82. The first-order valence-corrected chi connectivity index (χ1v) is 14.9. The molecule has 6 rings (SSSR count). The van der Waals surface area contributed by atoms with E-state index in [4.69, 9.17) is 4.74 Å². The molecule has 3 heterocycles. The summed E-state index contributed by atoms with van der Waals surface area (Å²) < 4.78 is 7.72. The van der Waals surface area contributed by atoms with Gasteiger partial charge in [-0.05, 0) is 73.1 Å². The summed E-state index contributed by atoms with van der Waals surface area (Å²) in [5.74, 6) is 1.63. The van der Waals surface area contributed by atoms with E-state index in [9.17, 15) is 9.59 Å². The van der Waals surface area contributed by atoms with Gasteiger partial charge in [0.2, 0.25) is 5.91 Å². The van der Waals surface area contributed by atoms with Crippen LogP contribution in [-0.4, -0.2) is 72.7 Å². The predicted octanol–water partition coefficient (Wildman–Crippen LogP) is 4.55. The molecule has 41 heavy (non-hydrogen) atoms. The van der Waals surface area contributed by atoms with E-state index >= 15 is 0 Å². The maximum atomic E-state index is 12.5. The number of ether oxygens (including phenoxy) is 1. The van der Waals surface area contributed by atoms with E-state index in [1.165, 1.54) is 11.3 Å². The molecule has 0 saturated carbocycles. The molecular formula is C34H40N4O3. The molecule has 0 radical (unpaired) electrons. The fraction of sp³-hybridized carbons (Fsp3) is 0.412. The highest BCUT2D eigenvalue weighted by Crippen LogP contribution is 2.34.